The van der Waals surface area contributed by atoms with E-state index in [0.717, 1.165) is 0 Å². The first kappa shape index (κ1) is 21.3. The fourth-order valence-corrected chi connectivity index (χ4v) is 4.07. The van der Waals surface area contributed by atoms with Crippen molar-refractivity contribution < 1.29 is 19.1 Å². The van der Waals surface area contributed by atoms with E-state index in [1.54, 1.807) is 23.2 Å². The number of fused-ring (bicyclic) bond motifs is 1. The number of rotatable bonds is 5. The van der Waals surface area contributed by atoms with E-state index in [1.807, 2.05) is 18.2 Å². The van der Waals surface area contributed by atoms with Crippen LogP contribution in [0.2, 0.25) is 0 Å². The van der Waals surface area contributed by atoms with Crippen molar-refractivity contribution in [1.29, 1.82) is 0 Å². The van der Waals surface area contributed by atoms with Gasteiger partial charge >= 0.3 is 0 Å². The zero-order chi connectivity index (χ0) is 23.7. The van der Waals surface area contributed by atoms with Gasteiger partial charge in [0.25, 0.3) is 17.6 Å². The molecule has 1 aliphatic heterocycles. The lowest BCUT2D eigenvalue weighted by Crippen LogP contribution is -2.52. The summed E-state index contributed by atoms with van der Waals surface area (Å²) in [6.07, 6.45) is 6.09. The molecule has 1 aromatic carbocycles. The van der Waals surface area contributed by atoms with Gasteiger partial charge in [-0.15, -0.1) is 5.10 Å². The van der Waals surface area contributed by atoms with Gasteiger partial charge in [0.2, 0.25) is 0 Å². The van der Waals surface area contributed by atoms with Crippen LogP contribution in [0.1, 0.15) is 20.7 Å². The fourth-order valence-electron chi connectivity index (χ4n) is 4.07. The number of hydrogen-bond acceptors (Lipinski definition) is 7. The third-order valence-electron chi connectivity index (χ3n) is 5.83. The lowest BCUT2D eigenvalue weighted by atomic mass is 10.1. The normalized spacial score (nSPS) is 13.8. The quantitative estimate of drug-likeness (QED) is 0.352. The Morgan fingerprint density at radius 3 is 2.44 bits per heavy atom. The molecule has 4 aromatic rings. The summed E-state index contributed by atoms with van der Waals surface area (Å²) in [5, 5.41) is 8.18. The molecule has 0 spiro atoms. The molecule has 0 unspecified atom stereocenters. The summed E-state index contributed by atoms with van der Waals surface area (Å²) in [6.45, 7) is 1.25. The number of methoxy groups -OCH3 is 1. The van der Waals surface area contributed by atoms with Gasteiger partial charge in [-0.1, -0.05) is 23.4 Å². The van der Waals surface area contributed by atoms with E-state index < -0.39 is 11.7 Å². The smallest absolute Gasteiger partial charge is 0.295 e. The van der Waals surface area contributed by atoms with Crippen molar-refractivity contribution in [2.45, 2.75) is 0 Å². The highest BCUT2D eigenvalue weighted by atomic mass is 16.5. The van der Waals surface area contributed by atoms with Gasteiger partial charge in [0.15, 0.2) is 5.82 Å². The van der Waals surface area contributed by atoms with Gasteiger partial charge in [-0.25, -0.2) is 9.67 Å². The van der Waals surface area contributed by atoms with Crippen LogP contribution in [0.15, 0.2) is 55.1 Å². The number of nitrogens with zero attached hydrogens (tertiary/aromatic N) is 6. The number of piperazine rings is 1. The summed E-state index contributed by atoms with van der Waals surface area (Å²) in [7, 11) is 1.47. The number of H-pyrrole nitrogens is 1. The van der Waals surface area contributed by atoms with Gasteiger partial charge in [0.05, 0.1) is 42.2 Å². The Morgan fingerprint density at radius 2 is 1.76 bits per heavy atom. The van der Waals surface area contributed by atoms with Gasteiger partial charge in [0.1, 0.15) is 5.75 Å². The Kier molecular flexibility index (Phi) is 5.50. The number of aromatic nitrogens is 5. The van der Waals surface area contributed by atoms with Gasteiger partial charge in [-0.2, -0.15) is 0 Å². The summed E-state index contributed by atoms with van der Waals surface area (Å²) >= 11 is 0. The molecule has 34 heavy (non-hydrogen) atoms. The van der Waals surface area contributed by atoms with Crippen LogP contribution in [0.25, 0.3) is 16.7 Å². The molecule has 1 saturated heterocycles. The Balaban J connectivity index is 1.36. The number of carbonyl (C=O) groups is 3. The minimum Gasteiger partial charge on any atom is -0.494 e. The predicted molar refractivity (Wildman–Crippen MR) is 121 cm³/mol. The molecule has 11 nitrogen and oxygen atoms in total. The minimum atomic E-state index is -0.664. The molecule has 0 saturated carbocycles. The zero-order valence-corrected chi connectivity index (χ0v) is 18.3. The van der Waals surface area contributed by atoms with Crippen molar-refractivity contribution in [3.63, 3.8) is 0 Å². The number of nitrogens with one attached hydrogen (secondary N) is 1. The summed E-state index contributed by atoms with van der Waals surface area (Å²) < 4.78 is 6.86. The van der Waals surface area contributed by atoms with Crippen LogP contribution in [-0.4, -0.2) is 85.6 Å². The molecule has 1 aliphatic rings. The van der Waals surface area contributed by atoms with Crippen LogP contribution in [0.4, 0.5) is 0 Å². The monoisotopic (exact) mass is 459 g/mol. The second-order valence-corrected chi connectivity index (χ2v) is 7.73. The van der Waals surface area contributed by atoms with Gasteiger partial charge in [-0.05, 0) is 12.1 Å². The van der Waals surface area contributed by atoms with E-state index >= 15 is 0 Å². The van der Waals surface area contributed by atoms with E-state index in [4.69, 9.17) is 4.74 Å². The van der Waals surface area contributed by atoms with E-state index in [1.165, 1.54) is 35.3 Å². The molecule has 0 aliphatic carbocycles. The maximum Gasteiger partial charge on any atom is 0.295 e. The van der Waals surface area contributed by atoms with Crippen LogP contribution in [0, 0.1) is 0 Å². The maximum absolute atomic E-state index is 13.2. The maximum atomic E-state index is 13.2. The minimum absolute atomic E-state index is 0.0893. The van der Waals surface area contributed by atoms with Crippen LogP contribution in [0.5, 0.6) is 5.75 Å². The number of amides is 2. The zero-order valence-electron chi connectivity index (χ0n) is 18.3. The lowest BCUT2D eigenvalue weighted by Gasteiger charge is -2.34. The Labute approximate surface area is 193 Å². The number of benzene rings is 1. The van der Waals surface area contributed by atoms with E-state index in [2.05, 4.69) is 20.3 Å². The Hall–Kier alpha value is -4.54. The molecule has 1 N–H and O–H groups in total. The summed E-state index contributed by atoms with van der Waals surface area (Å²) in [5.41, 5.74) is 1.28. The second kappa shape index (κ2) is 8.77. The molecule has 0 bridgehead atoms. The molecule has 0 atom stereocenters. The Morgan fingerprint density at radius 1 is 1.03 bits per heavy atom. The summed E-state index contributed by atoms with van der Waals surface area (Å²) in [5.74, 6) is -0.604. The van der Waals surface area contributed by atoms with Crippen molar-refractivity contribution in [3.8, 4) is 11.6 Å². The predicted octanol–water partition coefficient (Wildman–Crippen LogP) is 1.32. The topological polar surface area (TPSA) is 126 Å². The average Bonchev–Trinajstić information content (AvgIpc) is 3.58. The molecular weight excluding hydrogens is 438 g/mol. The highest BCUT2D eigenvalue weighted by molar-refractivity contribution is 6.45. The molecule has 4 heterocycles. The van der Waals surface area contributed by atoms with Crippen molar-refractivity contribution >= 4 is 28.5 Å². The van der Waals surface area contributed by atoms with Crippen LogP contribution in [0.3, 0.4) is 0 Å². The van der Waals surface area contributed by atoms with Crippen LogP contribution < -0.4 is 4.74 Å². The van der Waals surface area contributed by atoms with E-state index in [-0.39, 0.29) is 24.6 Å². The number of Topliss-reactive ketones (excluding diaryl/α,β-unsaturated/α-hetero) is 1. The fraction of sp³-hybridized carbons (Fsp3) is 0.217. The molecule has 172 valence electrons. The number of ketones is 1. The molecule has 1 fully saturated rings. The van der Waals surface area contributed by atoms with E-state index in [0.29, 0.717) is 41.1 Å². The number of hydrogen-bond donors (Lipinski definition) is 1. The molecule has 11 heteroatoms. The van der Waals surface area contributed by atoms with Crippen molar-refractivity contribution in [1.82, 2.24) is 34.8 Å². The highest BCUT2D eigenvalue weighted by Crippen LogP contribution is 2.31. The number of aromatic amines is 1. The van der Waals surface area contributed by atoms with E-state index in [9.17, 15) is 14.4 Å². The Bertz CT molecular complexity index is 1360. The van der Waals surface area contributed by atoms with Crippen molar-refractivity contribution in [3.05, 3.63) is 66.2 Å². The summed E-state index contributed by atoms with van der Waals surface area (Å²) in [6, 6.07) is 8.99. The first-order valence-corrected chi connectivity index (χ1v) is 10.7. The van der Waals surface area contributed by atoms with Gasteiger partial charge in [0, 0.05) is 37.9 Å². The molecular formula is C23H21N7O4. The number of carbonyl (C=O) groups excluding carboxylic acids is 3. The van der Waals surface area contributed by atoms with Crippen molar-refractivity contribution in [2.24, 2.45) is 0 Å². The first-order chi connectivity index (χ1) is 16.6. The molecule has 5 rings (SSSR count). The molecule has 2 amide bonds. The van der Waals surface area contributed by atoms with Gasteiger partial charge < -0.3 is 19.5 Å². The average molecular weight is 459 g/mol. The molecule has 0 radical (unpaired) electrons. The number of ether oxygens (including phenoxy) is 1. The second-order valence-electron chi connectivity index (χ2n) is 7.73. The van der Waals surface area contributed by atoms with Crippen LogP contribution in [-0.2, 0) is 4.79 Å². The lowest BCUT2D eigenvalue weighted by molar-refractivity contribution is -0.127. The standard InChI is InChI=1S/C23H21N7O4/c1-34-17-14-25-21(30-8-7-26-27-30)19-18(17)16(13-24-19)20(31)23(33)29-11-9-28(10-12-29)22(32)15-5-3-2-4-6-15/h2-8,13-14,24H,9-12H2,1H3. The largest absolute Gasteiger partial charge is 0.494 e. The highest BCUT2D eigenvalue weighted by Gasteiger charge is 2.31. The third kappa shape index (κ3) is 3.66. The number of pyridine rings is 1. The summed E-state index contributed by atoms with van der Waals surface area (Å²) in [4.78, 5) is 49.5. The molecule has 3 aromatic heterocycles. The van der Waals surface area contributed by atoms with Gasteiger partial charge in [-0.3, -0.25) is 14.4 Å². The SMILES string of the molecule is COc1cnc(-n2ccnn2)c2[nH]cc(C(=O)C(=O)N3CCN(C(=O)c4ccccc4)CC3)c12. The van der Waals surface area contributed by atoms with Crippen LogP contribution >= 0.6 is 0 Å². The first-order valence-electron chi connectivity index (χ1n) is 10.7. The van der Waals surface area contributed by atoms with Crippen molar-refractivity contribution in [2.75, 3.05) is 33.3 Å². The third-order valence-corrected chi connectivity index (χ3v) is 5.83.